The van der Waals surface area contributed by atoms with Crippen molar-refractivity contribution in [3.8, 4) is 0 Å². The fraction of sp³-hybridized carbons (Fsp3) is 0.217. The molecule has 0 saturated carbocycles. The number of fused-ring (bicyclic) bond motifs is 1. The molecule has 136 valence electrons. The molecule has 0 aliphatic rings. The third-order valence-corrected chi connectivity index (χ3v) is 5.05. The number of hydrogen-bond donors (Lipinski definition) is 1. The fourth-order valence-corrected chi connectivity index (χ4v) is 3.72. The number of hydrogen-bond acceptors (Lipinski definition) is 3. The van der Waals surface area contributed by atoms with Gasteiger partial charge in [-0.25, -0.2) is 0 Å². The van der Waals surface area contributed by atoms with E-state index in [4.69, 9.17) is 10.2 Å². The summed E-state index contributed by atoms with van der Waals surface area (Å²) in [5.74, 6) is 0. The number of aromatic nitrogens is 3. The molecule has 0 fully saturated rings. The molecule has 4 nitrogen and oxygen atoms in total. The highest BCUT2D eigenvalue weighted by molar-refractivity contribution is 5.73. The van der Waals surface area contributed by atoms with E-state index < -0.39 is 5.60 Å². The lowest BCUT2D eigenvalue weighted by Crippen LogP contribution is -2.39. The van der Waals surface area contributed by atoms with Gasteiger partial charge in [-0.15, -0.1) is 0 Å². The van der Waals surface area contributed by atoms with E-state index in [-0.39, 0.29) is 6.04 Å². The maximum absolute atomic E-state index is 12.1. The molecule has 0 bridgehead atoms. The standard InChI is InChI=1S/C23H23N3O/c1-2-11-22(26-24-20-16-9-10-17-21(20)25-26)23(27,18-12-5-3-6-13-18)19-14-7-4-8-15-19/h3-10,12-17,22,27H,2,11H2,1H3. The molecule has 1 heterocycles. The SMILES string of the molecule is CCCC(n1nc2ccccc2n1)C(O)(c1ccccc1)c1ccccc1. The number of nitrogens with zero attached hydrogens (tertiary/aromatic N) is 3. The smallest absolute Gasteiger partial charge is 0.139 e. The summed E-state index contributed by atoms with van der Waals surface area (Å²) in [6.07, 6.45) is 1.66. The quantitative estimate of drug-likeness (QED) is 0.544. The molecule has 4 rings (SSSR count). The summed E-state index contributed by atoms with van der Waals surface area (Å²) in [4.78, 5) is 1.70. The highest BCUT2D eigenvalue weighted by Crippen LogP contribution is 2.41. The van der Waals surface area contributed by atoms with Crippen LogP contribution in [-0.4, -0.2) is 20.1 Å². The predicted octanol–water partition coefficient (Wildman–Crippen LogP) is 4.71. The van der Waals surface area contributed by atoms with Crippen molar-refractivity contribution >= 4 is 11.0 Å². The topological polar surface area (TPSA) is 50.9 Å². The molecule has 4 heteroatoms. The Kier molecular flexibility index (Phi) is 4.73. The molecule has 1 N–H and O–H groups in total. The van der Waals surface area contributed by atoms with Gasteiger partial charge in [-0.1, -0.05) is 86.1 Å². The van der Waals surface area contributed by atoms with E-state index in [9.17, 15) is 5.11 Å². The molecule has 27 heavy (non-hydrogen) atoms. The van der Waals surface area contributed by atoms with E-state index in [1.165, 1.54) is 0 Å². The average molecular weight is 357 g/mol. The molecule has 0 radical (unpaired) electrons. The van der Waals surface area contributed by atoms with Crippen molar-refractivity contribution in [2.75, 3.05) is 0 Å². The van der Waals surface area contributed by atoms with Crippen LogP contribution in [0.25, 0.3) is 11.0 Å². The molecule has 0 aliphatic carbocycles. The highest BCUT2D eigenvalue weighted by atomic mass is 16.3. The first-order valence-electron chi connectivity index (χ1n) is 9.38. The molecule has 1 aromatic heterocycles. The van der Waals surface area contributed by atoms with Gasteiger partial charge in [0.1, 0.15) is 22.7 Å². The third kappa shape index (κ3) is 3.13. The van der Waals surface area contributed by atoms with Gasteiger partial charge >= 0.3 is 0 Å². The lowest BCUT2D eigenvalue weighted by atomic mass is 9.78. The Morgan fingerprint density at radius 2 is 1.22 bits per heavy atom. The van der Waals surface area contributed by atoms with Crippen LogP contribution in [0, 0.1) is 0 Å². The van der Waals surface area contributed by atoms with E-state index >= 15 is 0 Å². The lowest BCUT2D eigenvalue weighted by molar-refractivity contribution is 0.00720. The maximum atomic E-state index is 12.1. The van der Waals surface area contributed by atoms with Gasteiger partial charge in [0.05, 0.1) is 0 Å². The van der Waals surface area contributed by atoms with Crippen LogP contribution in [0.2, 0.25) is 0 Å². The van der Waals surface area contributed by atoms with E-state index in [0.717, 1.165) is 35.0 Å². The first-order chi connectivity index (χ1) is 13.2. The van der Waals surface area contributed by atoms with Crippen molar-refractivity contribution < 1.29 is 5.11 Å². The Labute approximate surface area is 159 Å². The molecular weight excluding hydrogens is 334 g/mol. The second-order valence-corrected chi connectivity index (χ2v) is 6.81. The van der Waals surface area contributed by atoms with Crippen LogP contribution in [0.1, 0.15) is 36.9 Å². The van der Waals surface area contributed by atoms with Crippen LogP contribution in [0.15, 0.2) is 84.9 Å². The molecule has 0 amide bonds. The number of rotatable bonds is 6. The van der Waals surface area contributed by atoms with Crippen molar-refractivity contribution in [2.24, 2.45) is 0 Å². The average Bonchev–Trinajstić information content (AvgIpc) is 3.16. The first kappa shape index (κ1) is 17.4. The van der Waals surface area contributed by atoms with Crippen LogP contribution < -0.4 is 0 Å². The number of benzene rings is 3. The van der Waals surface area contributed by atoms with Crippen LogP contribution in [-0.2, 0) is 5.60 Å². The Morgan fingerprint density at radius 1 is 0.778 bits per heavy atom. The predicted molar refractivity (Wildman–Crippen MR) is 107 cm³/mol. The Hall–Kier alpha value is -2.98. The summed E-state index contributed by atoms with van der Waals surface area (Å²) >= 11 is 0. The zero-order chi connectivity index (χ0) is 18.7. The molecule has 4 aromatic rings. The maximum Gasteiger partial charge on any atom is 0.139 e. The summed E-state index contributed by atoms with van der Waals surface area (Å²) in [5, 5.41) is 21.5. The Bertz CT molecular complexity index is 939. The van der Waals surface area contributed by atoms with Crippen LogP contribution in [0.5, 0.6) is 0 Å². The van der Waals surface area contributed by atoms with Gasteiger partial charge in [-0.05, 0) is 29.7 Å². The normalized spacial score (nSPS) is 13.0. The van der Waals surface area contributed by atoms with Gasteiger partial charge in [-0.2, -0.15) is 15.0 Å². The van der Waals surface area contributed by atoms with Crippen molar-refractivity contribution in [3.63, 3.8) is 0 Å². The van der Waals surface area contributed by atoms with Gasteiger partial charge in [0, 0.05) is 0 Å². The summed E-state index contributed by atoms with van der Waals surface area (Å²) in [6.45, 7) is 2.12. The molecular formula is C23H23N3O. The summed E-state index contributed by atoms with van der Waals surface area (Å²) in [7, 11) is 0. The minimum atomic E-state index is -1.23. The van der Waals surface area contributed by atoms with Gasteiger partial charge in [0.15, 0.2) is 0 Å². The zero-order valence-corrected chi connectivity index (χ0v) is 15.4. The third-order valence-electron chi connectivity index (χ3n) is 5.05. The largest absolute Gasteiger partial charge is 0.378 e. The minimum Gasteiger partial charge on any atom is -0.378 e. The van der Waals surface area contributed by atoms with Crippen molar-refractivity contribution in [2.45, 2.75) is 31.4 Å². The van der Waals surface area contributed by atoms with Crippen LogP contribution in [0.3, 0.4) is 0 Å². The van der Waals surface area contributed by atoms with Gasteiger partial charge < -0.3 is 5.11 Å². The molecule has 0 saturated heterocycles. The van der Waals surface area contributed by atoms with E-state index in [1.54, 1.807) is 4.80 Å². The zero-order valence-electron chi connectivity index (χ0n) is 15.4. The summed E-state index contributed by atoms with van der Waals surface area (Å²) < 4.78 is 0. The molecule has 0 spiro atoms. The second-order valence-electron chi connectivity index (χ2n) is 6.81. The van der Waals surface area contributed by atoms with E-state index in [1.807, 2.05) is 84.9 Å². The summed E-state index contributed by atoms with van der Waals surface area (Å²) in [5.41, 5.74) is 2.13. The molecule has 1 unspecified atom stereocenters. The molecule has 1 atom stereocenters. The van der Waals surface area contributed by atoms with E-state index in [2.05, 4.69) is 6.92 Å². The van der Waals surface area contributed by atoms with E-state index in [0.29, 0.717) is 0 Å². The summed E-state index contributed by atoms with van der Waals surface area (Å²) in [6, 6.07) is 27.1. The lowest BCUT2D eigenvalue weighted by Gasteiger charge is -2.36. The molecule has 0 aliphatic heterocycles. The fourth-order valence-electron chi connectivity index (χ4n) is 3.72. The highest BCUT2D eigenvalue weighted by Gasteiger charge is 2.42. The van der Waals surface area contributed by atoms with Gasteiger partial charge in [0.25, 0.3) is 0 Å². The monoisotopic (exact) mass is 357 g/mol. The Balaban J connectivity index is 1.92. The van der Waals surface area contributed by atoms with Crippen LogP contribution in [0.4, 0.5) is 0 Å². The first-order valence-corrected chi connectivity index (χ1v) is 9.38. The molecule has 3 aromatic carbocycles. The number of aliphatic hydroxyl groups is 1. The second kappa shape index (κ2) is 7.33. The minimum absolute atomic E-state index is 0.320. The van der Waals surface area contributed by atoms with Crippen molar-refractivity contribution in [3.05, 3.63) is 96.1 Å². The van der Waals surface area contributed by atoms with Crippen molar-refractivity contribution in [1.29, 1.82) is 0 Å². The van der Waals surface area contributed by atoms with Crippen molar-refractivity contribution in [1.82, 2.24) is 15.0 Å². The van der Waals surface area contributed by atoms with Gasteiger partial charge in [0.2, 0.25) is 0 Å². The van der Waals surface area contributed by atoms with Gasteiger partial charge in [-0.3, -0.25) is 0 Å². The Morgan fingerprint density at radius 3 is 1.67 bits per heavy atom. The van der Waals surface area contributed by atoms with Crippen LogP contribution >= 0.6 is 0 Å².